The van der Waals surface area contributed by atoms with Gasteiger partial charge in [-0.05, 0) is 44.4 Å². The second-order valence-electron chi connectivity index (χ2n) is 9.89. The number of fused-ring (bicyclic) bond motifs is 5. The van der Waals surface area contributed by atoms with Crippen molar-refractivity contribution < 1.29 is 29.6 Å². The predicted octanol–water partition coefficient (Wildman–Crippen LogP) is 1.69. The minimum absolute atomic E-state index is 0.0451. The molecule has 3 fully saturated rings. The van der Waals surface area contributed by atoms with Gasteiger partial charge in [0.15, 0.2) is 11.5 Å². The van der Waals surface area contributed by atoms with Gasteiger partial charge in [0.25, 0.3) is 0 Å². The summed E-state index contributed by atoms with van der Waals surface area (Å²) >= 11 is 0. The van der Waals surface area contributed by atoms with Crippen LogP contribution in [0.3, 0.4) is 0 Å². The van der Waals surface area contributed by atoms with E-state index in [0.717, 1.165) is 5.57 Å². The zero-order valence-corrected chi connectivity index (χ0v) is 16.7. The molecule has 0 aliphatic heterocycles. The molecule has 0 unspecified atom stereocenters. The third-order valence-corrected chi connectivity index (χ3v) is 8.89. The van der Waals surface area contributed by atoms with Gasteiger partial charge in [0.05, 0.1) is 12.2 Å². The van der Waals surface area contributed by atoms with Crippen molar-refractivity contribution in [2.45, 2.75) is 69.9 Å². The smallest absolute Gasteiger partial charge is 0.190 e. The molecule has 0 bridgehead atoms. The van der Waals surface area contributed by atoms with Crippen molar-refractivity contribution in [1.29, 1.82) is 0 Å². The second-order valence-corrected chi connectivity index (χ2v) is 9.89. The van der Waals surface area contributed by atoms with E-state index in [9.17, 15) is 25.2 Å². The summed E-state index contributed by atoms with van der Waals surface area (Å²) in [7, 11) is 0. The molecule has 0 saturated heterocycles. The first-order valence-electron chi connectivity index (χ1n) is 10.3. The first kappa shape index (κ1) is 20.2. The first-order chi connectivity index (χ1) is 13.0. The van der Waals surface area contributed by atoms with E-state index in [4.69, 9.17) is 0 Å². The molecule has 0 heterocycles. The van der Waals surface area contributed by atoms with Crippen molar-refractivity contribution in [3.63, 3.8) is 0 Å². The fraction of sp³-hybridized carbons (Fsp3) is 0.773. The lowest BCUT2D eigenvalue weighted by molar-refractivity contribution is -0.219. The number of Topliss-reactive ketones (excluding diaryl/α,β-unsaturated/α-hetero) is 1. The first-order valence-corrected chi connectivity index (χ1v) is 10.3. The van der Waals surface area contributed by atoms with Gasteiger partial charge in [0.1, 0.15) is 12.2 Å². The summed E-state index contributed by atoms with van der Waals surface area (Å²) in [6.45, 7) is 4.56. The third kappa shape index (κ3) is 2.07. The van der Waals surface area contributed by atoms with E-state index >= 15 is 4.39 Å². The van der Waals surface area contributed by atoms with Crippen LogP contribution in [0.1, 0.15) is 46.5 Å². The molecule has 6 heteroatoms. The maximum absolute atomic E-state index is 16.9. The molecule has 0 radical (unpaired) electrons. The van der Waals surface area contributed by atoms with Gasteiger partial charge in [-0.15, -0.1) is 0 Å². The molecule has 0 spiro atoms. The van der Waals surface area contributed by atoms with Crippen LogP contribution >= 0.6 is 0 Å². The van der Waals surface area contributed by atoms with Crippen molar-refractivity contribution in [2.75, 3.05) is 6.61 Å². The van der Waals surface area contributed by atoms with Crippen LogP contribution < -0.4 is 0 Å². The van der Waals surface area contributed by atoms with Crippen LogP contribution in [-0.2, 0) is 4.79 Å². The maximum Gasteiger partial charge on any atom is 0.190 e. The Hall–Kier alpha value is -1.08. The lowest BCUT2D eigenvalue weighted by Gasteiger charge is -2.62. The molecule has 0 aromatic heterocycles. The van der Waals surface area contributed by atoms with Crippen molar-refractivity contribution in [1.82, 2.24) is 0 Å². The average molecular weight is 394 g/mol. The van der Waals surface area contributed by atoms with Crippen molar-refractivity contribution in [2.24, 2.45) is 28.6 Å². The van der Waals surface area contributed by atoms with Crippen LogP contribution in [0, 0.1) is 28.6 Å². The highest BCUT2D eigenvalue weighted by Crippen LogP contribution is 2.70. The van der Waals surface area contributed by atoms with Gasteiger partial charge in [-0.1, -0.05) is 37.6 Å². The van der Waals surface area contributed by atoms with Crippen molar-refractivity contribution in [3.05, 3.63) is 23.8 Å². The van der Waals surface area contributed by atoms with Gasteiger partial charge in [-0.25, -0.2) is 4.39 Å². The Morgan fingerprint density at radius 2 is 1.96 bits per heavy atom. The quantitative estimate of drug-likeness (QED) is 0.535. The molecule has 4 aliphatic carbocycles. The largest absolute Gasteiger partial charge is 0.390 e. The summed E-state index contributed by atoms with van der Waals surface area (Å²) in [5, 5.41) is 42.0. The molecule has 0 aromatic carbocycles. The topological polar surface area (TPSA) is 98.0 Å². The van der Waals surface area contributed by atoms with Gasteiger partial charge < -0.3 is 20.4 Å². The number of aliphatic hydroxyl groups is 4. The Bertz CT molecular complexity index is 764. The zero-order chi connectivity index (χ0) is 20.7. The number of rotatable bonds is 2. The Balaban J connectivity index is 1.83. The van der Waals surface area contributed by atoms with Crippen LogP contribution in [0.15, 0.2) is 23.8 Å². The zero-order valence-electron chi connectivity index (χ0n) is 16.7. The van der Waals surface area contributed by atoms with E-state index in [-0.39, 0.29) is 12.3 Å². The lowest BCUT2D eigenvalue weighted by Crippen LogP contribution is -2.69. The summed E-state index contributed by atoms with van der Waals surface area (Å²) < 4.78 is 16.9. The van der Waals surface area contributed by atoms with E-state index in [1.165, 1.54) is 0 Å². The standard InChI is InChI=1S/C22H31FO5/c1-12-8-16-15-5-4-13-9-14(25)6-7-19(13,2)21(15,23)17(26)10-20(16,3)22(12,28)18(27)11-24/h6-7,9,12,14-17,24-26,28H,4-5,8,10-11H2,1-3H3/t12-,14-,15+,16+,17+,19+,20+,21+,22+/m1/s1. The van der Waals surface area contributed by atoms with Gasteiger partial charge >= 0.3 is 0 Å². The van der Waals surface area contributed by atoms with Crippen LogP contribution in [0.2, 0.25) is 0 Å². The van der Waals surface area contributed by atoms with Crippen LogP contribution in [0.5, 0.6) is 0 Å². The Labute approximate surface area is 165 Å². The van der Waals surface area contributed by atoms with Crippen LogP contribution in [-0.4, -0.2) is 56.3 Å². The monoisotopic (exact) mass is 394 g/mol. The molecular formula is C22H31FO5. The lowest BCUT2D eigenvalue weighted by atomic mass is 9.44. The van der Waals surface area contributed by atoms with Crippen LogP contribution in [0.4, 0.5) is 4.39 Å². The van der Waals surface area contributed by atoms with E-state index < -0.39 is 58.5 Å². The highest BCUT2D eigenvalue weighted by Gasteiger charge is 2.75. The summed E-state index contributed by atoms with van der Waals surface area (Å²) in [5.41, 5.74) is -4.94. The summed E-state index contributed by atoms with van der Waals surface area (Å²) in [5.74, 6) is -1.88. The molecule has 4 rings (SSSR count). The Morgan fingerprint density at radius 1 is 1.29 bits per heavy atom. The molecule has 0 amide bonds. The van der Waals surface area contributed by atoms with Crippen molar-refractivity contribution >= 4 is 5.78 Å². The summed E-state index contributed by atoms with van der Waals surface area (Å²) in [6, 6.07) is 0. The average Bonchev–Trinajstić information content (AvgIpc) is 2.84. The number of hydrogen-bond acceptors (Lipinski definition) is 5. The minimum atomic E-state index is -1.94. The van der Waals surface area contributed by atoms with E-state index in [1.54, 1.807) is 39.0 Å². The molecule has 4 N–H and O–H groups in total. The fourth-order valence-electron chi connectivity index (χ4n) is 7.38. The number of allylic oxidation sites excluding steroid dienone is 2. The number of carbonyl (C=O) groups excluding carboxylic acids is 1. The molecular weight excluding hydrogens is 363 g/mol. The molecule has 9 atom stereocenters. The number of halogens is 1. The molecule has 4 aliphatic rings. The highest BCUT2D eigenvalue weighted by atomic mass is 19.1. The SMILES string of the molecule is C[C@@H]1C[C@H]2[C@@H]3CCC4=C[C@H](O)C=C[C@]4(C)[C@@]3(F)[C@@H](O)C[C@]2(C)[C@@]1(O)C(=O)CO. The number of ketones is 1. The Kier molecular flexibility index (Phi) is 4.31. The molecule has 3 saturated carbocycles. The summed E-state index contributed by atoms with van der Waals surface area (Å²) in [6.07, 6.45) is 4.36. The maximum atomic E-state index is 16.9. The van der Waals surface area contributed by atoms with E-state index in [2.05, 4.69) is 0 Å². The van der Waals surface area contributed by atoms with E-state index in [0.29, 0.717) is 19.3 Å². The van der Waals surface area contributed by atoms with Gasteiger partial charge in [0.2, 0.25) is 0 Å². The van der Waals surface area contributed by atoms with Gasteiger partial charge in [0, 0.05) is 16.7 Å². The molecule has 5 nitrogen and oxygen atoms in total. The molecule has 28 heavy (non-hydrogen) atoms. The second kappa shape index (κ2) is 5.97. The third-order valence-electron chi connectivity index (χ3n) is 8.89. The van der Waals surface area contributed by atoms with Gasteiger partial charge in [-0.2, -0.15) is 0 Å². The molecule has 156 valence electrons. The highest BCUT2D eigenvalue weighted by molar-refractivity contribution is 5.90. The van der Waals surface area contributed by atoms with Crippen molar-refractivity contribution in [3.8, 4) is 0 Å². The number of alkyl halides is 1. The predicted molar refractivity (Wildman–Crippen MR) is 101 cm³/mol. The summed E-state index contributed by atoms with van der Waals surface area (Å²) in [4.78, 5) is 12.6. The fourth-order valence-corrected chi connectivity index (χ4v) is 7.38. The van der Waals surface area contributed by atoms with Crippen LogP contribution in [0.25, 0.3) is 0 Å². The number of hydrogen-bond donors (Lipinski definition) is 4. The molecule has 0 aromatic rings. The van der Waals surface area contributed by atoms with Gasteiger partial charge in [-0.3, -0.25) is 4.79 Å². The van der Waals surface area contributed by atoms with E-state index in [1.807, 2.05) is 0 Å². The normalized spacial score (nSPS) is 55.1. The minimum Gasteiger partial charge on any atom is -0.390 e. The number of carbonyl (C=O) groups is 1. The number of aliphatic hydroxyl groups excluding tert-OH is 3. The Morgan fingerprint density at radius 3 is 2.61 bits per heavy atom.